The molecule has 2 unspecified atom stereocenters. The summed E-state index contributed by atoms with van der Waals surface area (Å²) in [6.07, 6.45) is 1.68. The Morgan fingerprint density at radius 3 is 2.41 bits per heavy atom. The lowest BCUT2D eigenvalue weighted by Crippen LogP contribution is -2.50. The van der Waals surface area contributed by atoms with Crippen molar-refractivity contribution in [1.29, 1.82) is 0 Å². The Balaban J connectivity index is 0.00000441. The van der Waals surface area contributed by atoms with E-state index < -0.39 is 5.54 Å². The molecule has 1 aromatic rings. The highest BCUT2D eigenvalue weighted by atomic mass is 35.5. The number of hydrogen-bond donors (Lipinski definition) is 3. The van der Waals surface area contributed by atoms with Gasteiger partial charge in [0.05, 0.1) is 0 Å². The van der Waals surface area contributed by atoms with Gasteiger partial charge in [-0.15, -0.1) is 12.4 Å². The van der Waals surface area contributed by atoms with Gasteiger partial charge in [-0.2, -0.15) is 0 Å². The van der Waals surface area contributed by atoms with E-state index in [1.165, 1.54) is 0 Å². The molecule has 4 nitrogen and oxygen atoms in total. The number of carbonyl (C=O) groups excluding carboxylic acids is 1. The normalized spacial score (nSPS) is 14.8. The third-order valence-corrected chi connectivity index (χ3v) is 3.74. The molecule has 1 aromatic carbocycles. The maximum atomic E-state index is 12.4. The minimum atomic E-state index is -1.04. The molecule has 5 heteroatoms. The first-order chi connectivity index (χ1) is 9.87. The van der Waals surface area contributed by atoms with Gasteiger partial charge < -0.3 is 16.2 Å². The van der Waals surface area contributed by atoms with Crippen LogP contribution in [0.4, 0.5) is 0 Å². The first kappa shape index (κ1) is 20.9. The van der Waals surface area contributed by atoms with Crippen LogP contribution >= 0.6 is 12.4 Å². The average Bonchev–Trinajstić information content (AvgIpc) is 2.45. The van der Waals surface area contributed by atoms with Gasteiger partial charge in [0.25, 0.3) is 0 Å². The Hall–Kier alpha value is -1.10. The van der Waals surface area contributed by atoms with Crippen molar-refractivity contribution >= 4 is 18.3 Å². The molecule has 0 fully saturated rings. The highest BCUT2D eigenvalue weighted by Gasteiger charge is 2.30. The summed E-state index contributed by atoms with van der Waals surface area (Å²) in [6.45, 7) is 6.70. The molecule has 126 valence electrons. The first-order valence-electron chi connectivity index (χ1n) is 7.61. The summed E-state index contributed by atoms with van der Waals surface area (Å²) in [6, 6.07) is 9.37. The lowest BCUT2D eigenvalue weighted by molar-refractivity contribution is -0.126. The van der Waals surface area contributed by atoms with Gasteiger partial charge >= 0.3 is 0 Å². The molecule has 22 heavy (non-hydrogen) atoms. The van der Waals surface area contributed by atoms with Gasteiger partial charge in [0.2, 0.25) is 5.91 Å². The molecule has 1 rings (SSSR count). The van der Waals surface area contributed by atoms with Gasteiger partial charge in [-0.1, -0.05) is 44.2 Å². The Kier molecular flexibility index (Phi) is 9.33. The van der Waals surface area contributed by atoms with E-state index in [9.17, 15) is 4.79 Å². The van der Waals surface area contributed by atoms with Crippen LogP contribution in [0.25, 0.3) is 0 Å². The van der Waals surface area contributed by atoms with Crippen LogP contribution in [-0.4, -0.2) is 24.2 Å². The minimum absolute atomic E-state index is 0. The summed E-state index contributed by atoms with van der Waals surface area (Å²) in [5, 5.41) is 12.1. The smallest absolute Gasteiger partial charge is 0.244 e. The van der Waals surface area contributed by atoms with E-state index in [2.05, 4.69) is 19.2 Å². The SMILES string of the molecule is CC(C)CC(CCO)CNC(=O)C(C)(N)c1ccccc1.Cl. The Labute approximate surface area is 139 Å². The van der Waals surface area contributed by atoms with Gasteiger partial charge in [-0.3, -0.25) is 4.79 Å². The number of hydrogen-bond acceptors (Lipinski definition) is 3. The van der Waals surface area contributed by atoms with E-state index in [-0.39, 0.29) is 30.8 Å². The van der Waals surface area contributed by atoms with Crippen molar-refractivity contribution in [1.82, 2.24) is 5.32 Å². The molecule has 0 aliphatic rings. The van der Waals surface area contributed by atoms with E-state index >= 15 is 0 Å². The van der Waals surface area contributed by atoms with Gasteiger partial charge in [0.15, 0.2) is 0 Å². The van der Waals surface area contributed by atoms with Crippen LogP contribution in [0, 0.1) is 11.8 Å². The highest BCUT2D eigenvalue weighted by Crippen LogP contribution is 2.19. The van der Waals surface area contributed by atoms with Crippen molar-refractivity contribution < 1.29 is 9.90 Å². The molecule has 0 radical (unpaired) electrons. The van der Waals surface area contributed by atoms with Crippen LogP contribution in [0.2, 0.25) is 0 Å². The summed E-state index contributed by atoms with van der Waals surface area (Å²) in [4.78, 5) is 12.4. The molecular weight excluding hydrogens is 300 g/mol. The minimum Gasteiger partial charge on any atom is -0.396 e. The summed E-state index contributed by atoms with van der Waals surface area (Å²) < 4.78 is 0. The number of amides is 1. The highest BCUT2D eigenvalue weighted by molar-refractivity contribution is 5.87. The number of nitrogens with one attached hydrogen (secondary N) is 1. The molecule has 0 heterocycles. The predicted octanol–water partition coefficient (Wildman–Crippen LogP) is 2.44. The van der Waals surface area contributed by atoms with Crippen molar-refractivity contribution in [2.45, 2.75) is 39.2 Å². The predicted molar refractivity (Wildman–Crippen MR) is 92.9 cm³/mol. The second-order valence-electron chi connectivity index (χ2n) is 6.29. The average molecular weight is 329 g/mol. The summed E-state index contributed by atoms with van der Waals surface area (Å²) in [5.74, 6) is 0.641. The molecule has 1 amide bonds. The molecule has 0 spiro atoms. The van der Waals surface area contributed by atoms with Crippen LogP contribution in [0.3, 0.4) is 0 Å². The van der Waals surface area contributed by atoms with Crippen molar-refractivity contribution in [3.8, 4) is 0 Å². The fraction of sp³-hybridized carbons (Fsp3) is 0.588. The van der Waals surface area contributed by atoms with Crippen LogP contribution in [0.15, 0.2) is 30.3 Å². The molecule has 2 atom stereocenters. The largest absolute Gasteiger partial charge is 0.396 e. The first-order valence-corrected chi connectivity index (χ1v) is 7.61. The van der Waals surface area contributed by atoms with Crippen LogP contribution in [0.1, 0.15) is 39.2 Å². The van der Waals surface area contributed by atoms with Crippen molar-refractivity contribution in [3.63, 3.8) is 0 Å². The maximum Gasteiger partial charge on any atom is 0.244 e. The van der Waals surface area contributed by atoms with E-state index in [0.717, 1.165) is 12.0 Å². The third kappa shape index (κ3) is 6.34. The van der Waals surface area contributed by atoms with E-state index in [4.69, 9.17) is 10.8 Å². The second kappa shape index (κ2) is 9.82. The third-order valence-electron chi connectivity index (χ3n) is 3.74. The monoisotopic (exact) mass is 328 g/mol. The molecule has 0 aliphatic heterocycles. The summed E-state index contributed by atoms with van der Waals surface area (Å²) in [7, 11) is 0. The van der Waals surface area contributed by atoms with Crippen molar-refractivity contribution in [2.24, 2.45) is 17.6 Å². The summed E-state index contributed by atoms with van der Waals surface area (Å²) >= 11 is 0. The Bertz CT molecular complexity index is 436. The number of benzene rings is 1. The lowest BCUT2D eigenvalue weighted by atomic mass is 9.91. The Morgan fingerprint density at radius 1 is 1.32 bits per heavy atom. The van der Waals surface area contributed by atoms with Crippen LogP contribution in [0.5, 0.6) is 0 Å². The number of nitrogens with two attached hydrogens (primary N) is 1. The number of rotatable bonds is 8. The fourth-order valence-electron chi connectivity index (χ4n) is 2.49. The zero-order valence-corrected chi connectivity index (χ0v) is 14.5. The maximum absolute atomic E-state index is 12.4. The zero-order chi connectivity index (χ0) is 15.9. The van der Waals surface area contributed by atoms with Crippen LogP contribution < -0.4 is 11.1 Å². The Morgan fingerprint density at radius 2 is 1.91 bits per heavy atom. The van der Waals surface area contributed by atoms with Gasteiger partial charge in [-0.25, -0.2) is 0 Å². The zero-order valence-electron chi connectivity index (χ0n) is 13.7. The fourth-order valence-corrected chi connectivity index (χ4v) is 2.49. The summed E-state index contributed by atoms with van der Waals surface area (Å²) in [5.41, 5.74) is 5.94. The topological polar surface area (TPSA) is 75.3 Å². The van der Waals surface area contributed by atoms with E-state index in [1.807, 2.05) is 30.3 Å². The second-order valence-corrected chi connectivity index (χ2v) is 6.29. The molecular formula is C17H29ClN2O2. The van der Waals surface area contributed by atoms with E-state index in [0.29, 0.717) is 18.9 Å². The molecule has 0 bridgehead atoms. The van der Waals surface area contributed by atoms with Gasteiger partial charge in [0.1, 0.15) is 5.54 Å². The molecule has 0 aliphatic carbocycles. The van der Waals surface area contributed by atoms with Crippen LogP contribution in [-0.2, 0) is 10.3 Å². The number of aliphatic hydroxyl groups excluding tert-OH is 1. The van der Waals surface area contributed by atoms with E-state index in [1.54, 1.807) is 6.92 Å². The lowest BCUT2D eigenvalue weighted by Gasteiger charge is -2.26. The van der Waals surface area contributed by atoms with Gasteiger partial charge in [0, 0.05) is 13.2 Å². The van der Waals surface area contributed by atoms with Crippen molar-refractivity contribution in [2.75, 3.05) is 13.2 Å². The standard InChI is InChI=1S/C17H28N2O2.ClH/c1-13(2)11-14(9-10-20)12-19-16(21)17(3,18)15-7-5-4-6-8-15;/h4-8,13-14,20H,9-12,18H2,1-3H3,(H,19,21);1H. The van der Waals surface area contributed by atoms with Crippen molar-refractivity contribution in [3.05, 3.63) is 35.9 Å². The molecule has 4 N–H and O–H groups in total. The van der Waals surface area contributed by atoms with Gasteiger partial charge in [-0.05, 0) is 37.2 Å². The molecule has 0 saturated carbocycles. The molecule has 0 saturated heterocycles. The number of halogens is 1. The number of aliphatic hydroxyl groups is 1. The number of carbonyl (C=O) groups is 1. The quantitative estimate of drug-likeness (QED) is 0.686. The molecule has 0 aromatic heterocycles.